The lowest BCUT2D eigenvalue weighted by Gasteiger charge is -2.25. The quantitative estimate of drug-likeness (QED) is 0.602. The number of hydrogen-bond acceptors (Lipinski definition) is 3. The minimum absolute atomic E-state index is 0.166. The van der Waals surface area contributed by atoms with Gasteiger partial charge in [0.05, 0.1) is 5.60 Å². The normalized spacial score (nSPS) is 22.5. The maximum Gasteiger partial charge on any atom is 0.0744 e. The zero-order valence-electron chi connectivity index (χ0n) is 9.13. The largest absolute Gasteiger partial charge is 0.396 e. The van der Waals surface area contributed by atoms with Crippen molar-refractivity contribution in [3.8, 4) is 0 Å². The zero-order valence-corrected chi connectivity index (χ0v) is 9.13. The summed E-state index contributed by atoms with van der Waals surface area (Å²) in [5, 5.41) is 22.0. The molecule has 0 unspecified atom stereocenters. The van der Waals surface area contributed by atoms with Crippen LogP contribution in [0.5, 0.6) is 0 Å². The van der Waals surface area contributed by atoms with Crippen LogP contribution < -0.4 is 5.32 Å². The van der Waals surface area contributed by atoms with E-state index < -0.39 is 5.60 Å². The first-order valence-corrected chi connectivity index (χ1v) is 5.71. The van der Waals surface area contributed by atoms with Gasteiger partial charge in [-0.05, 0) is 32.6 Å². The van der Waals surface area contributed by atoms with Crippen molar-refractivity contribution in [2.45, 2.75) is 57.1 Å². The second-order valence-corrected chi connectivity index (χ2v) is 4.69. The Morgan fingerprint density at radius 1 is 1.36 bits per heavy atom. The topological polar surface area (TPSA) is 52.5 Å². The summed E-state index contributed by atoms with van der Waals surface area (Å²) in [6, 6.07) is 0.607. The molecule has 0 aromatic heterocycles. The third kappa shape index (κ3) is 4.40. The van der Waals surface area contributed by atoms with Crippen molar-refractivity contribution in [2.75, 3.05) is 13.2 Å². The fourth-order valence-electron chi connectivity index (χ4n) is 2.04. The highest BCUT2D eigenvalue weighted by molar-refractivity contribution is 4.80. The maximum atomic E-state index is 9.93. The molecule has 1 aliphatic carbocycles. The van der Waals surface area contributed by atoms with E-state index in [0.717, 1.165) is 0 Å². The Kier molecular flexibility index (Phi) is 4.85. The van der Waals surface area contributed by atoms with E-state index in [-0.39, 0.29) is 6.61 Å². The van der Waals surface area contributed by atoms with Gasteiger partial charge in [-0.3, -0.25) is 0 Å². The van der Waals surface area contributed by atoms with Crippen molar-refractivity contribution in [3.05, 3.63) is 0 Å². The molecule has 84 valence electrons. The number of aliphatic hydroxyl groups is 2. The highest BCUT2D eigenvalue weighted by atomic mass is 16.3. The highest BCUT2D eigenvalue weighted by Gasteiger charge is 2.22. The van der Waals surface area contributed by atoms with E-state index in [9.17, 15) is 5.11 Å². The first kappa shape index (κ1) is 12.0. The van der Waals surface area contributed by atoms with Crippen molar-refractivity contribution in [1.82, 2.24) is 5.32 Å². The minimum Gasteiger partial charge on any atom is -0.396 e. The van der Waals surface area contributed by atoms with Crippen LogP contribution in [-0.4, -0.2) is 35.0 Å². The van der Waals surface area contributed by atoms with Crippen LogP contribution in [0.15, 0.2) is 0 Å². The summed E-state index contributed by atoms with van der Waals surface area (Å²) in [4.78, 5) is 0. The van der Waals surface area contributed by atoms with E-state index >= 15 is 0 Å². The van der Waals surface area contributed by atoms with Gasteiger partial charge in [0.25, 0.3) is 0 Å². The standard InChI is InChI=1S/C11H23NO2/c1-11(14,7-4-8-13)9-12-10-5-2-3-6-10/h10,12-14H,2-9H2,1H3/t11-/m1/s1. The molecule has 3 heteroatoms. The van der Waals surface area contributed by atoms with E-state index in [0.29, 0.717) is 25.4 Å². The molecule has 3 N–H and O–H groups in total. The number of nitrogens with one attached hydrogen (secondary N) is 1. The molecule has 0 aromatic carbocycles. The Hall–Kier alpha value is -0.120. The van der Waals surface area contributed by atoms with Gasteiger partial charge in [-0.15, -0.1) is 0 Å². The average molecular weight is 201 g/mol. The first-order valence-electron chi connectivity index (χ1n) is 5.71. The molecule has 0 spiro atoms. The van der Waals surface area contributed by atoms with Crippen LogP contribution in [0.25, 0.3) is 0 Å². The predicted molar refractivity (Wildman–Crippen MR) is 57.2 cm³/mol. The van der Waals surface area contributed by atoms with Crippen LogP contribution in [0.1, 0.15) is 45.4 Å². The monoisotopic (exact) mass is 201 g/mol. The van der Waals surface area contributed by atoms with Gasteiger partial charge >= 0.3 is 0 Å². The summed E-state index contributed by atoms with van der Waals surface area (Å²) in [6.07, 6.45) is 6.47. The second-order valence-electron chi connectivity index (χ2n) is 4.69. The molecule has 3 nitrogen and oxygen atoms in total. The fourth-order valence-corrected chi connectivity index (χ4v) is 2.04. The summed E-state index contributed by atoms with van der Waals surface area (Å²) >= 11 is 0. The minimum atomic E-state index is -0.661. The van der Waals surface area contributed by atoms with Crippen LogP contribution in [-0.2, 0) is 0 Å². The number of rotatable bonds is 6. The van der Waals surface area contributed by atoms with Gasteiger partial charge in [-0.25, -0.2) is 0 Å². The molecular weight excluding hydrogens is 178 g/mol. The number of hydrogen-bond donors (Lipinski definition) is 3. The summed E-state index contributed by atoms with van der Waals surface area (Å²) < 4.78 is 0. The van der Waals surface area contributed by atoms with E-state index in [4.69, 9.17) is 5.11 Å². The molecule has 1 rings (SSSR count). The predicted octanol–water partition coefficient (Wildman–Crippen LogP) is 1.04. The lowest BCUT2D eigenvalue weighted by atomic mass is 10.00. The summed E-state index contributed by atoms with van der Waals surface area (Å²) in [7, 11) is 0. The van der Waals surface area contributed by atoms with Gasteiger partial charge in [0, 0.05) is 19.2 Å². The van der Waals surface area contributed by atoms with E-state index in [1.807, 2.05) is 6.92 Å². The molecular formula is C11H23NO2. The van der Waals surface area contributed by atoms with E-state index in [1.54, 1.807) is 0 Å². The Morgan fingerprint density at radius 2 is 2.00 bits per heavy atom. The summed E-state index contributed by atoms with van der Waals surface area (Å²) in [5.41, 5.74) is -0.661. The van der Waals surface area contributed by atoms with Crippen LogP contribution in [0.4, 0.5) is 0 Å². The second kappa shape index (κ2) is 5.69. The molecule has 1 fully saturated rings. The van der Waals surface area contributed by atoms with Crippen molar-refractivity contribution in [3.63, 3.8) is 0 Å². The first-order chi connectivity index (χ1) is 6.64. The van der Waals surface area contributed by atoms with Crippen LogP contribution in [0.2, 0.25) is 0 Å². The fraction of sp³-hybridized carbons (Fsp3) is 1.00. The van der Waals surface area contributed by atoms with E-state index in [1.165, 1.54) is 25.7 Å². The van der Waals surface area contributed by atoms with Gasteiger partial charge < -0.3 is 15.5 Å². The molecule has 0 aliphatic heterocycles. The van der Waals surface area contributed by atoms with Crippen LogP contribution in [0.3, 0.4) is 0 Å². The van der Waals surface area contributed by atoms with Crippen LogP contribution >= 0.6 is 0 Å². The Labute approximate surface area is 86.5 Å². The van der Waals surface area contributed by atoms with Gasteiger partial charge in [0.2, 0.25) is 0 Å². The third-order valence-corrected chi connectivity index (χ3v) is 3.00. The molecule has 14 heavy (non-hydrogen) atoms. The molecule has 0 radical (unpaired) electrons. The Bertz CT molecular complexity index is 153. The maximum absolute atomic E-state index is 9.93. The highest BCUT2D eigenvalue weighted by Crippen LogP contribution is 2.19. The van der Waals surface area contributed by atoms with Gasteiger partial charge in [-0.2, -0.15) is 0 Å². The lowest BCUT2D eigenvalue weighted by Crippen LogP contribution is -2.41. The Morgan fingerprint density at radius 3 is 2.57 bits per heavy atom. The molecule has 1 saturated carbocycles. The smallest absolute Gasteiger partial charge is 0.0744 e. The van der Waals surface area contributed by atoms with Crippen molar-refractivity contribution in [1.29, 1.82) is 0 Å². The summed E-state index contributed by atoms with van der Waals surface area (Å²) in [5.74, 6) is 0. The molecule has 0 heterocycles. The van der Waals surface area contributed by atoms with E-state index in [2.05, 4.69) is 5.32 Å². The molecule has 0 aromatic rings. The Balaban J connectivity index is 2.14. The van der Waals surface area contributed by atoms with Gasteiger partial charge in [0.1, 0.15) is 0 Å². The van der Waals surface area contributed by atoms with Crippen LogP contribution in [0, 0.1) is 0 Å². The SMILES string of the molecule is C[C@@](O)(CCCO)CNC1CCCC1. The van der Waals surface area contributed by atoms with Gasteiger partial charge in [-0.1, -0.05) is 12.8 Å². The lowest BCUT2D eigenvalue weighted by molar-refractivity contribution is 0.0411. The van der Waals surface area contributed by atoms with Crippen molar-refractivity contribution in [2.24, 2.45) is 0 Å². The molecule has 0 bridgehead atoms. The van der Waals surface area contributed by atoms with Gasteiger partial charge in [0.15, 0.2) is 0 Å². The molecule has 0 saturated heterocycles. The molecule has 1 atom stereocenters. The van der Waals surface area contributed by atoms with Crippen molar-refractivity contribution >= 4 is 0 Å². The molecule has 0 amide bonds. The third-order valence-electron chi connectivity index (χ3n) is 3.00. The average Bonchev–Trinajstić information content (AvgIpc) is 2.64. The zero-order chi connectivity index (χ0) is 10.4. The van der Waals surface area contributed by atoms with Crippen molar-refractivity contribution < 1.29 is 10.2 Å². The number of aliphatic hydroxyl groups excluding tert-OH is 1. The molecule has 1 aliphatic rings. The summed E-state index contributed by atoms with van der Waals surface area (Å²) in [6.45, 7) is 2.65.